The number of rotatable bonds is 11. The smallest absolute Gasteiger partial charge is 0.223 e. The van der Waals surface area contributed by atoms with E-state index in [9.17, 15) is 14.4 Å². The van der Waals surface area contributed by atoms with E-state index in [1.165, 1.54) is 0 Å². The van der Waals surface area contributed by atoms with Gasteiger partial charge in [0.2, 0.25) is 17.7 Å². The van der Waals surface area contributed by atoms with Gasteiger partial charge in [-0.05, 0) is 52.6 Å². The highest BCUT2D eigenvalue weighted by molar-refractivity contribution is 5.81. The van der Waals surface area contributed by atoms with Crippen LogP contribution in [0.2, 0.25) is 0 Å². The third-order valence-corrected chi connectivity index (χ3v) is 5.60. The number of hydrogen-bond donors (Lipinski definition) is 1. The number of hydrogen-bond acceptors (Lipinski definition) is 4. The molecule has 0 aromatic carbocycles. The zero-order valence-electron chi connectivity index (χ0n) is 19.4. The second-order valence-electron chi connectivity index (χ2n) is 9.19. The van der Waals surface area contributed by atoms with Gasteiger partial charge in [0.15, 0.2) is 0 Å². The summed E-state index contributed by atoms with van der Waals surface area (Å²) in [6, 6.07) is 0. The van der Waals surface area contributed by atoms with Crippen LogP contribution in [0.25, 0.3) is 0 Å². The van der Waals surface area contributed by atoms with Crippen LogP contribution in [0.5, 0.6) is 0 Å². The molecule has 0 atom stereocenters. The lowest BCUT2D eigenvalue weighted by Crippen LogP contribution is -2.46. The van der Waals surface area contributed by atoms with Gasteiger partial charge >= 0.3 is 0 Å². The van der Waals surface area contributed by atoms with Crippen molar-refractivity contribution in [3.8, 4) is 0 Å². The SMILES string of the molecule is CCN(CC)C(=O)CCCC(=O)N1CCC(C(=O)NCC(C)(C)CN(C)C)CC1. The second kappa shape index (κ2) is 12.2. The number of nitrogens with zero attached hydrogens (tertiary/aromatic N) is 3. The van der Waals surface area contributed by atoms with Crippen LogP contribution in [-0.2, 0) is 14.4 Å². The van der Waals surface area contributed by atoms with Crippen LogP contribution in [0.1, 0.15) is 59.8 Å². The molecule has 0 bridgehead atoms. The summed E-state index contributed by atoms with van der Waals surface area (Å²) in [7, 11) is 4.08. The monoisotopic (exact) mass is 410 g/mol. The van der Waals surface area contributed by atoms with E-state index in [0.717, 1.165) is 6.54 Å². The Morgan fingerprint density at radius 3 is 2.14 bits per heavy atom. The molecule has 1 N–H and O–H groups in total. The molecule has 1 saturated heterocycles. The predicted molar refractivity (Wildman–Crippen MR) is 116 cm³/mol. The van der Waals surface area contributed by atoms with Crippen molar-refractivity contribution in [3.63, 3.8) is 0 Å². The Morgan fingerprint density at radius 1 is 1.03 bits per heavy atom. The molecule has 0 spiro atoms. The van der Waals surface area contributed by atoms with E-state index in [4.69, 9.17) is 0 Å². The minimum Gasteiger partial charge on any atom is -0.355 e. The minimum absolute atomic E-state index is 0.0153. The second-order valence-corrected chi connectivity index (χ2v) is 9.19. The molecular formula is C22H42N4O3. The van der Waals surface area contributed by atoms with Crippen LogP contribution in [-0.4, -0.2) is 85.8 Å². The first kappa shape index (κ1) is 25.4. The van der Waals surface area contributed by atoms with E-state index in [2.05, 4.69) is 24.1 Å². The molecule has 1 aliphatic heterocycles. The number of nitrogens with one attached hydrogen (secondary N) is 1. The van der Waals surface area contributed by atoms with E-state index in [-0.39, 0.29) is 29.1 Å². The standard InChI is InChI=1S/C22H42N4O3/c1-7-25(8-2)19(27)10-9-11-20(28)26-14-12-18(13-15-26)21(29)23-16-22(3,4)17-24(5)6/h18H,7-17H2,1-6H3,(H,23,29). The van der Waals surface area contributed by atoms with Gasteiger partial charge in [0.1, 0.15) is 0 Å². The summed E-state index contributed by atoms with van der Waals surface area (Å²) in [4.78, 5) is 42.7. The zero-order valence-corrected chi connectivity index (χ0v) is 19.4. The number of carbonyl (C=O) groups is 3. The maximum atomic E-state index is 12.5. The van der Waals surface area contributed by atoms with Crippen LogP contribution >= 0.6 is 0 Å². The van der Waals surface area contributed by atoms with Crippen LogP contribution in [0.4, 0.5) is 0 Å². The van der Waals surface area contributed by atoms with Gasteiger partial charge in [-0.3, -0.25) is 14.4 Å². The highest BCUT2D eigenvalue weighted by Crippen LogP contribution is 2.20. The Hall–Kier alpha value is -1.63. The summed E-state index contributed by atoms with van der Waals surface area (Å²) in [5, 5.41) is 3.10. The summed E-state index contributed by atoms with van der Waals surface area (Å²) >= 11 is 0. The summed E-state index contributed by atoms with van der Waals surface area (Å²) in [5.74, 6) is 0.311. The van der Waals surface area contributed by atoms with Crippen molar-refractivity contribution in [3.05, 3.63) is 0 Å². The van der Waals surface area contributed by atoms with Crippen molar-refractivity contribution in [2.45, 2.75) is 59.8 Å². The maximum absolute atomic E-state index is 12.5. The van der Waals surface area contributed by atoms with Gasteiger partial charge < -0.3 is 20.0 Å². The maximum Gasteiger partial charge on any atom is 0.223 e. The zero-order chi connectivity index (χ0) is 22.0. The van der Waals surface area contributed by atoms with Gasteiger partial charge in [-0.2, -0.15) is 0 Å². The fraction of sp³-hybridized carbons (Fsp3) is 0.864. The average Bonchev–Trinajstić information content (AvgIpc) is 2.66. The van der Waals surface area contributed by atoms with Crippen molar-refractivity contribution >= 4 is 17.7 Å². The normalized spacial score (nSPS) is 15.5. The molecule has 0 aliphatic carbocycles. The Labute approximate surface area is 177 Å². The van der Waals surface area contributed by atoms with E-state index in [1.807, 2.05) is 32.8 Å². The molecule has 1 heterocycles. The fourth-order valence-corrected chi connectivity index (χ4v) is 4.06. The lowest BCUT2D eigenvalue weighted by atomic mass is 9.91. The average molecular weight is 411 g/mol. The van der Waals surface area contributed by atoms with Crippen molar-refractivity contribution in [2.24, 2.45) is 11.3 Å². The molecule has 0 aromatic rings. The number of amides is 3. The molecule has 0 radical (unpaired) electrons. The van der Waals surface area contributed by atoms with Crippen LogP contribution in [0, 0.1) is 11.3 Å². The molecule has 7 nitrogen and oxygen atoms in total. The predicted octanol–water partition coefficient (Wildman–Crippen LogP) is 1.97. The summed E-state index contributed by atoms with van der Waals surface area (Å²) < 4.78 is 0. The third-order valence-electron chi connectivity index (χ3n) is 5.60. The molecule has 3 amide bonds. The topological polar surface area (TPSA) is 73.0 Å². The van der Waals surface area contributed by atoms with Gasteiger partial charge in [0.25, 0.3) is 0 Å². The Morgan fingerprint density at radius 2 is 1.62 bits per heavy atom. The first-order chi connectivity index (χ1) is 13.6. The van der Waals surface area contributed by atoms with E-state index < -0.39 is 0 Å². The van der Waals surface area contributed by atoms with Crippen molar-refractivity contribution in [1.29, 1.82) is 0 Å². The third kappa shape index (κ3) is 9.15. The highest BCUT2D eigenvalue weighted by Gasteiger charge is 2.28. The summed E-state index contributed by atoms with van der Waals surface area (Å²) in [6.07, 6.45) is 2.85. The van der Waals surface area contributed by atoms with Crippen LogP contribution in [0.3, 0.4) is 0 Å². The lowest BCUT2D eigenvalue weighted by Gasteiger charge is -2.33. The molecule has 1 fully saturated rings. The molecule has 0 unspecified atom stereocenters. The summed E-state index contributed by atoms with van der Waals surface area (Å²) in [5.41, 5.74) is 0.0262. The van der Waals surface area contributed by atoms with Gasteiger partial charge in [-0.1, -0.05) is 13.8 Å². The Kier molecular flexibility index (Phi) is 10.6. The fourth-order valence-electron chi connectivity index (χ4n) is 4.06. The molecule has 1 aliphatic rings. The molecule has 7 heteroatoms. The van der Waals surface area contributed by atoms with E-state index in [1.54, 1.807) is 4.90 Å². The first-order valence-electron chi connectivity index (χ1n) is 11.1. The van der Waals surface area contributed by atoms with E-state index >= 15 is 0 Å². The Bertz CT molecular complexity index is 536. The number of piperidine rings is 1. The quantitative estimate of drug-likeness (QED) is 0.565. The molecule has 1 rings (SSSR count). The van der Waals surface area contributed by atoms with Gasteiger partial charge in [-0.15, -0.1) is 0 Å². The van der Waals surface area contributed by atoms with Gasteiger partial charge in [0.05, 0.1) is 0 Å². The van der Waals surface area contributed by atoms with Gasteiger partial charge in [-0.25, -0.2) is 0 Å². The van der Waals surface area contributed by atoms with Crippen LogP contribution < -0.4 is 5.32 Å². The molecule has 0 aromatic heterocycles. The van der Waals surface area contributed by atoms with Crippen LogP contribution in [0.15, 0.2) is 0 Å². The molecule has 0 saturated carbocycles. The number of carbonyl (C=O) groups excluding carboxylic acids is 3. The van der Waals surface area contributed by atoms with Crippen molar-refractivity contribution in [1.82, 2.24) is 20.0 Å². The lowest BCUT2D eigenvalue weighted by molar-refractivity contribution is -0.136. The number of likely N-dealkylation sites (tertiary alicyclic amines) is 1. The van der Waals surface area contributed by atoms with E-state index in [0.29, 0.717) is 64.8 Å². The largest absolute Gasteiger partial charge is 0.355 e. The van der Waals surface area contributed by atoms with Crippen molar-refractivity contribution < 1.29 is 14.4 Å². The van der Waals surface area contributed by atoms with Gasteiger partial charge in [0, 0.05) is 58.0 Å². The first-order valence-corrected chi connectivity index (χ1v) is 11.1. The minimum atomic E-state index is -0.0153. The highest BCUT2D eigenvalue weighted by atomic mass is 16.2. The Balaban J connectivity index is 2.31. The molecule has 29 heavy (non-hydrogen) atoms. The molecule has 168 valence electrons. The van der Waals surface area contributed by atoms with Crippen molar-refractivity contribution in [2.75, 3.05) is 53.4 Å². The molecular weight excluding hydrogens is 368 g/mol. The summed E-state index contributed by atoms with van der Waals surface area (Å²) in [6.45, 7) is 12.5.